The van der Waals surface area contributed by atoms with Gasteiger partial charge in [-0.2, -0.15) is 0 Å². The number of benzene rings is 6. The number of anilines is 3. The van der Waals surface area contributed by atoms with Crippen molar-refractivity contribution >= 4 is 50.8 Å². The van der Waals surface area contributed by atoms with Gasteiger partial charge in [0.15, 0.2) is 0 Å². The standard InChI is InChI=1S/C37H30N2/c1-3-11-27-24-28(19-18-25(27)4-2)37-32-14-7-5-12-30(32)36(31-13-6-8-15-33(31)37)26-20-22-29(23-21-26)39-35-17-10-9-16-34(35)38/h3-24,39H,2,38H2,1H3/b11-3-. The molecule has 0 bridgehead atoms. The monoisotopic (exact) mass is 502 g/mol. The summed E-state index contributed by atoms with van der Waals surface area (Å²) < 4.78 is 0. The molecule has 0 aliphatic heterocycles. The number of nitrogens with one attached hydrogen (secondary N) is 1. The average Bonchev–Trinajstić information content (AvgIpc) is 2.98. The van der Waals surface area contributed by atoms with Crippen molar-refractivity contribution in [2.24, 2.45) is 0 Å². The molecule has 2 nitrogen and oxygen atoms in total. The zero-order valence-corrected chi connectivity index (χ0v) is 22.0. The molecule has 3 N–H and O–H groups in total. The third kappa shape index (κ3) is 4.47. The van der Waals surface area contributed by atoms with Crippen molar-refractivity contribution < 1.29 is 0 Å². The summed E-state index contributed by atoms with van der Waals surface area (Å²) in [6.07, 6.45) is 6.15. The van der Waals surface area contributed by atoms with Crippen LogP contribution in [0.2, 0.25) is 0 Å². The number of nitrogens with two attached hydrogens (primary N) is 1. The lowest BCUT2D eigenvalue weighted by Gasteiger charge is -2.18. The Morgan fingerprint density at radius 1 is 0.615 bits per heavy atom. The highest BCUT2D eigenvalue weighted by Gasteiger charge is 2.17. The molecule has 0 aliphatic carbocycles. The SMILES string of the molecule is C=Cc1ccc(-c2c3ccccc3c(-c3ccc(Nc4ccccc4N)cc3)c3ccccc23)cc1/C=C\C. The highest BCUT2D eigenvalue weighted by atomic mass is 14.9. The van der Waals surface area contributed by atoms with Gasteiger partial charge in [0.2, 0.25) is 0 Å². The Morgan fingerprint density at radius 2 is 1.15 bits per heavy atom. The zero-order valence-electron chi connectivity index (χ0n) is 22.0. The number of nitrogen functional groups attached to an aromatic ring is 1. The average molecular weight is 503 g/mol. The number of fused-ring (bicyclic) bond motifs is 2. The number of hydrogen-bond acceptors (Lipinski definition) is 2. The van der Waals surface area contributed by atoms with Crippen LogP contribution in [0.5, 0.6) is 0 Å². The van der Waals surface area contributed by atoms with Crippen LogP contribution in [0.4, 0.5) is 17.1 Å². The Morgan fingerprint density at radius 3 is 1.72 bits per heavy atom. The summed E-state index contributed by atoms with van der Waals surface area (Å²) >= 11 is 0. The summed E-state index contributed by atoms with van der Waals surface area (Å²) in [5, 5.41) is 8.39. The van der Waals surface area contributed by atoms with Gasteiger partial charge < -0.3 is 11.1 Å². The van der Waals surface area contributed by atoms with Crippen LogP contribution in [-0.4, -0.2) is 0 Å². The zero-order chi connectivity index (χ0) is 26.8. The molecule has 39 heavy (non-hydrogen) atoms. The molecule has 0 amide bonds. The van der Waals surface area contributed by atoms with Gasteiger partial charge in [-0.3, -0.25) is 0 Å². The van der Waals surface area contributed by atoms with Crippen LogP contribution in [0.3, 0.4) is 0 Å². The predicted molar refractivity (Wildman–Crippen MR) is 171 cm³/mol. The molecule has 0 aromatic heterocycles. The maximum atomic E-state index is 6.15. The molecule has 6 aromatic rings. The van der Waals surface area contributed by atoms with Crippen molar-refractivity contribution in [2.75, 3.05) is 11.1 Å². The van der Waals surface area contributed by atoms with Crippen molar-refractivity contribution in [2.45, 2.75) is 6.92 Å². The molecule has 0 saturated carbocycles. The van der Waals surface area contributed by atoms with Gasteiger partial charge in [0.1, 0.15) is 0 Å². The summed E-state index contributed by atoms with van der Waals surface area (Å²) in [6.45, 7) is 6.06. The number of hydrogen-bond donors (Lipinski definition) is 2. The summed E-state index contributed by atoms with van der Waals surface area (Å²) in [6, 6.07) is 40.6. The minimum Gasteiger partial charge on any atom is -0.397 e. The van der Waals surface area contributed by atoms with Crippen LogP contribution in [0.15, 0.2) is 128 Å². The van der Waals surface area contributed by atoms with E-state index in [1.165, 1.54) is 49.4 Å². The van der Waals surface area contributed by atoms with E-state index in [4.69, 9.17) is 5.73 Å². The van der Waals surface area contributed by atoms with E-state index in [0.29, 0.717) is 0 Å². The quantitative estimate of drug-likeness (QED) is 0.176. The molecule has 0 aliphatic rings. The van der Waals surface area contributed by atoms with Gasteiger partial charge in [-0.25, -0.2) is 0 Å². The molecule has 0 saturated heterocycles. The molecule has 0 unspecified atom stereocenters. The Bertz CT molecular complexity index is 1800. The Kier molecular flexibility index (Phi) is 6.44. The van der Waals surface area contributed by atoms with E-state index in [1.807, 2.05) is 30.3 Å². The van der Waals surface area contributed by atoms with Gasteiger partial charge in [0.05, 0.1) is 11.4 Å². The molecule has 0 atom stereocenters. The second kappa shape index (κ2) is 10.4. The summed E-state index contributed by atoms with van der Waals surface area (Å²) in [5.41, 5.74) is 16.0. The highest BCUT2D eigenvalue weighted by molar-refractivity contribution is 6.21. The van der Waals surface area contributed by atoms with Gasteiger partial charge >= 0.3 is 0 Å². The van der Waals surface area contributed by atoms with E-state index in [1.54, 1.807) is 0 Å². The maximum Gasteiger partial charge on any atom is 0.0617 e. The minimum atomic E-state index is 0.730. The van der Waals surface area contributed by atoms with Crippen molar-refractivity contribution in [1.82, 2.24) is 0 Å². The molecule has 0 radical (unpaired) electrons. The molecule has 0 spiro atoms. The third-order valence-electron chi connectivity index (χ3n) is 7.29. The fourth-order valence-corrected chi connectivity index (χ4v) is 5.48. The lowest BCUT2D eigenvalue weighted by Crippen LogP contribution is -1.96. The first-order chi connectivity index (χ1) is 19.2. The van der Waals surface area contributed by atoms with E-state index in [-0.39, 0.29) is 0 Å². The summed E-state index contributed by atoms with van der Waals surface area (Å²) in [7, 11) is 0. The first-order valence-electron chi connectivity index (χ1n) is 13.2. The molecule has 2 heteroatoms. The first-order valence-corrected chi connectivity index (χ1v) is 13.2. The minimum absolute atomic E-state index is 0.730. The smallest absolute Gasteiger partial charge is 0.0617 e. The molecule has 0 fully saturated rings. The Hall–Kier alpha value is -5.08. The number of para-hydroxylation sites is 2. The van der Waals surface area contributed by atoms with Gasteiger partial charge in [0, 0.05) is 5.69 Å². The van der Waals surface area contributed by atoms with Crippen molar-refractivity contribution in [3.8, 4) is 22.3 Å². The lowest BCUT2D eigenvalue weighted by molar-refractivity contribution is 1.54. The first kappa shape index (κ1) is 24.3. The van der Waals surface area contributed by atoms with E-state index >= 15 is 0 Å². The van der Waals surface area contributed by atoms with Crippen LogP contribution < -0.4 is 11.1 Å². The fraction of sp³-hybridized carbons (Fsp3) is 0.0270. The van der Waals surface area contributed by atoms with E-state index in [9.17, 15) is 0 Å². The fourth-order valence-electron chi connectivity index (χ4n) is 5.48. The van der Waals surface area contributed by atoms with Crippen molar-refractivity contribution in [1.29, 1.82) is 0 Å². The number of allylic oxidation sites excluding steroid dienone is 1. The molecule has 0 heterocycles. The van der Waals surface area contributed by atoms with Crippen molar-refractivity contribution in [3.63, 3.8) is 0 Å². The van der Waals surface area contributed by atoms with Crippen LogP contribution in [0.25, 0.3) is 56.0 Å². The Labute approximate surface area is 229 Å². The van der Waals surface area contributed by atoms with E-state index in [0.717, 1.165) is 22.6 Å². The molecule has 6 aromatic carbocycles. The Balaban J connectivity index is 1.55. The number of rotatable bonds is 6. The summed E-state index contributed by atoms with van der Waals surface area (Å²) in [4.78, 5) is 0. The predicted octanol–water partition coefficient (Wildman–Crippen LogP) is 10.3. The lowest BCUT2D eigenvalue weighted by atomic mass is 9.85. The highest BCUT2D eigenvalue weighted by Crippen LogP contribution is 2.44. The molecular formula is C37H30N2. The second-order valence-corrected chi connectivity index (χ2v) is 9.68. The van der Waals surface area contributed by atoms with E-state index < -0.39 is 0 Å². The van der Waals surface area contributed by atoms with Crippen molar-refractivity contribution in [3.05, 3.63) is 139 Å². The van der Waals surface area contributed by atoms with Gasteiger partial charge in [0.25, 0.3) is 0 Å². The summed E-state index contributed by atoms with van der Waals surface area (Å²) in [5.74, 6) is 0. The van der Waals surface area contributed by atoms with Gasteiger partial charge in [-0.15, -0.1) is 0 Å². The van der Waals surface area contributed by atoms with Gasteiger partial charge in [-0.1, -0.05) is 110 Å². The normalized spacial score (nSPS) is 11.3. The third-order valence-corrected chi connectivity index (χ3v) is 7.29. The molecule has 188 valence electrons. The topological polar surface area (TPSA) is 38.0 Å². The van der Waals surface area contributed by atoms with Crippen LogP contribution >= 0.6 is 0 Å². The molecular weight excluding hydrogens is 472 g/mol. The van der Waals surface area contributed by atoms with Crippen LogP contribution in [0, 0.1) is 0 Å². The van der Waals surface area contributed by atoms with E-state index in [2.05, 4.69) is 122 Å². The molecule has 6 rings (SSSR count). The second-order valence-electron chi connectivity index (χ2n) is 9.68. The largest absolute Gasteiger partial charge is 0.397 e. The maximum absolute atomic E-state index is 6.15. The van der Waals surface area contributed by atoms with Crippen LogP contribution in [-0.2, 0) is 0 Å². The van der Waals surface area contributed by atoms with Crippen LogP contribution in [0.1, 0.15) is 18.1 Å². The van der Waals surface area contributed by atoms with Gasteiger partial charge in [-0.05, 0) is 92.2 Å².